The minimum Gasteiger partial charge on any atom is -0.478 e. The van der Waals surface area contributed by atoms with Gasteiger partial charge in [-0.25, -0.2) is 9.59 Å². The van der Waals surface area contributed by atoms with E-state index < -0.39 is 11.9 Å². The van der Waals surface area contributed by atoms with Gasteiger partial charge in [-0.05, 0) is 29.4 Å². The van der Waals surface area contributed by atoms with Crippen LogP contribution in [0.5, 0.6) is 11.5 Å². The number of carbonyl (C=O) groups is 3. The van der Waals surface area contributed by atoms with E-state index in [0.29, 0.717) is 5.56 Å². The summed E-state index contributed by atoms with van der Waals surface area (Å²) in [6.07, 6.45) is 3.48. The van der Waals surface area contributed by atoms with Gasteiger partial charge in [0.25, 0.3) is 0 Å². The van der Waals surface area contributed by atoms with E-state index in [2.05, 4.69) is 14.6 Å². The molecule has 1 aromatic heterocycles. The van der Waals surface area contributed by atoms with Crippen LogP contribution in [0, 0.1) is 0 Å². The van der Waals surface area contributed by atoms with E-state index in [0.717, 1.165) is 10.8 Å². The Morgan fingerprint density at radius 1 is 0.871 bits per heavy atom. The molecule has 1 heterocycles. The molecule has 0 aliphatic heterocycles. The monoisotopic (exact) mass is 425 g/mol. The first-order chi connectivity index (χ1) is 15.0. The van der Waals surface area contributed by atoms with Crippen LogP contribution in [0.4, 0.5) is 0 Å². The smallest absolute Gasteiger partial charge is 0.343 e. The van der Waals surface area contributed by atoms with Crippen LogP contribution in [-0.2, 0) is 25.6 Å². The van der Waals surface area contributed by atoms with Crippen molar-refractivity contribution in [3.63, 3.8) is 0 Å². The standard InChI is InChI=1S/C22H21N2O7/c1-28-21(26)13-30-19-8-7-15(9-20(19)31-14-22(27)29-2)18(25)12-24-11-17-6-4-3-5-16(17)10-23-24/h3-11H,12-14H2,1-2H3/q+1. The summed E-state index contributed by atoms with van der Waals surface area (Å²) < 4.78 is 21.5. The summed E-state index contributed by atoms with van der Waals surface area (Å²) in [4.78, 5) is 35.6. The Balaban J connectivity index is 1.80. The Labute approximate surface area is 178 Å². The van der Waals surface area contributed by atoms with Crippen LogP contribution in [0.25, 0.3) is 10.8 Å². The van der Waals surface area contributed by atoms with Gasteiger partial charge >= 0.3 is 11.9 Å². The Bertz CT molecular complexity index is 1110. The van der Waals surface area contributed by atoms with Crippen LogP contribution in [-0.4, -0.2) is 50.3 Å². The SMILES string of the molecule is COC(=O)COc1ccc(C(=O)C[n+]2cc3ccccc3cn2)cc1OCC(=O)OC. The molecule has 2 aromatic carbocycles. The number of nitrogens with zero attached hydrogens (tertiary/aromatic N) is 2. The van der Waals surface area contributed by atoms with Gasteiger partial charge in [-0.1, -0.05) is 22.9 Å². The molecule has 0 aliphatic carbocycles. The summed E-state index contributed by atoms with van der Waals surface area (Å²) in [6.45, 7) is -0.734. The number of fused-ring (bicyclic) bond motifs is 1. The first-order valence-electron chi connectivity index (χ1n) is 9.31. The second-order valence-corrected chi connectivity index (χ2v) is 6.41. The first-order valence-corrected chi connectivity index (χ1v) is 9.31. The molecule has 0 atom stereocenters. The maximum atomic E-state index is 12.8. The molecule has 0 bridgehead atoms. The molecule has 31 heavy (non-hydrogen) atoms. The highest BCUT2D eigenvalue weighted by Gasteiger charge is 2.18. The van der Waals surface area contributed by atoms with E-state index in [1.807, 2.05) is 24.3 Å². The predicted molar refractivity (Wildman–Crippen MR) is 108 cm³/mol. The zero-order valence-corrected chi connectivity index (χ0v) is 17.1. The van der Waals surface area contributed by atoms with E-state index in [1.165, 1.54) is 26.4 Å². The molecule has 3 aromatic rings. The molecule has 9 heteroatoms. The van der Waals surface area contributed by atoms with Crippen LogP contribution in [0.1, 0.15) is 10.4 Å². The fourth-order valence-corrected chi connectivity index (χ4v) is 2.71. The largest absolute Gasteiger partial charge is 0.478 e. The quantitative estimate of drug-likeness (QED) is 0.289. The average molecular weight is 425 g/mol. The van der Waals surface area contributed by atoms with Crippen molar-refractivity contribution in [3.8, 4) is 11.5 Å². The van der Waals surface area contributed by atoms with Crippen molar-refractivity contribution >= 4 is 28.5 Å². The van der Waals surface area contributed by atoms with Crippen molar-refractivity contribution in [1.29, 1.82) is 0 Å². The van der Waals surface area contributed by atoms with Crippen LogP contribution < -0.4 is 14.2 Å². The first kappa shape index (κ1) is 21.7. The van der Waals surface area contributed by atoms with Crippen molar-refractivity contribution in [2.75, 3.05) is 27.4 Å². The van der Waals surface area contributed by atoms with Crippen LogP contribution in [0.15, 0.2) is 54.9 Å². The topological polar surface area (TPSA) is 105 Å². The van der Waals surface area contributed by atoms with Gasteiger partial charge in [0, 0.05) is 16.3 Å². The van der Waals surface area contributed by atoms with E-state index in [9.17, 15) is 14.4 Å². The molecule has 0 saturated heterocycles. The summed E-state index contributed by atoms with van der Waals surface area (Å²) in [5.41, 5.74) is 0.327. The maximum absolute atomic E-state index is 12.8. The number of ketones is 1. The number of benzene rings is 2. The van der Waals surface area contributed by atoms with Gasteiger partial charge in [0.1, 0.15) is 6.20 Å². The fraction of sp³-hybridized carbons (Fsp3) is 0.227. The molecule has 3 rings (SSSR count). The van der Waals surface area contributed by atoms with Gasteiger partial charge in [-0.3, -0.25) is 4.79 Å². The number of rotatable bonds is 9. The van der Waals surface area contributed by atoms with Crippen molar-refractivity contribution in [2.45, 2.75) is 6.54 Å². The third kappa shape index (κ3) is 5.75. The van der Waals surface area contributed by atoms with E-state index in [4.69, 9.17) is 9.47 Å². The highest BCUT2D eigenvalue weighted by Crippen LogP contribution is 2.29. The van der Waals surface area contributed by atoms with Gasteiger partial charge < -0.3 is 18.9 Å². The number of esters is 2. The molecule has 160 valence electrons. The summed E-state index contributed by atoms with van der Waals surface area (Å²) in [5, 5.41) is 6.20. The zero-order chi connectivity index (χ0) is 22.2. The van der Waals surface area contributed by atoms with Gasteiger partial charge in [-0.2, -0.15) is 0 Å². The number of hydrogen-bond acceptors (Lipinski definition) is 8. The number of ether oxygens (including phenoxy) is 4. The van der Waals surface area contributed by atoms with Gasteiger partial charge in [0.05, 0.1) is 14.2 Å². The normalized spacial score (nSPS) is 10.4. The molecular weight excluding hydrogens is 404 g/mol. The lowest BCUT2D eigenvalue weighted by Crippen LogP contribution is -2.41. The molecule has 0 saturated carbocycles. The third-order valence-corrected chi connectivity index (χ3v) is 4.35. The van der Waals surface area contributed by atoms with Gasteiger partial charge in [-0.15, -0.1) is 0 Å². The highest BCUT2D eigenvalue weighted by molar-refractivity contribution is 5.95. The number of aromatic nitrogens is 2. The predicted octanol–water partition coefficient (Wildman–Crippen LogP) is 1.51. The maximum Gasteiger partial charge on any atom is 0.343 e. The summed E-state index contributed by atoms with van der Waals surface area (Å²) in [6, 6.07) is 12.2. The number of carbonyl (C=O) groups excluding carboxylic acids is 3. The minimum absolute atomic E-state index is 0.00361. The van der Waals surface area contributed by atoms with Crippen LogP contribution >= 0.6 is 0 Å². The Kier molecular flexibility index (Phi) is 7.10. The summed E-state index contributed by atoms with van der Waals surface area (Å²) in [5.74, 6) is -1.11. The molecule has 9 nitrogen and oxygen atoms in total. The van der Waals surface area contributed by atoms with Gasteiger partial charge in [0.2, 0.25) is 18.5 Å². The van der Waals surface area contributed by atoms with E-state index in [-0.39, 0.29) is 37.0 Å². The second kappa shape index (κ2) is 10.1. The Morgan fingerprint density at radius 2 is 1.52 bits per heavy atom. The zero-order valence-electron chi connectivity index (χ0n) is 17.1. The molecule has 0 unspecified atom stereocenters. The number of Topliss-reactive ketones (excluding diaryl/α,β-unsaturated/α-hetero) is 1. The average Bonchev–Trinajstić information content (AvgIpc) is 2.80. The van der Waals surface area contributed by atoms with Crippen molar-refractivity contribution in [1.82, 2.24) is 5.10 Å². The molecule has 0 amide bonds. The van der Waals surface area contributed by atoms with Crippen LogP contribution in [0.2, 0.25) is 0 Å². The fourth-order valence-electron chi connectivity index (χ4n) is 2.71. The van der Waals surface area contributed by atoms with Crippen molar-refractivity contribution in [2.24, 2.45) is 0 Å². The molecule has 0 fully saturated rings. The Hall–Kier alpha value is -4.01. The van der Waals surface area contributed by atoms with E-state index >= 15 is 0 Å². The van der Waals surface area contributed by atoms with Crippen LogP contribution in [0.3, 0.4) is 0 Å². The molecule has 0 aliphatic rings. The number of hydrogen-bond donors (Lipinski definition) is 0. The molecule has 0 N–H and O–H groups in total. The van der Waals surface area contributed by atoms with Crippen molar-refractivity contribution in [3.05, 3.63) is 60.4 Å². The Morgan fingerprint density at radius 3 is 2.19 bits per heavy atom. The molecule has 0 spiro atoms. The lowest BCUT2D eigenvalue weighted by Gasteiger charge is -2.12. The second-order valence-electron chi connectivity index (χ2n) is 6.41. The molecule has 0 radical (unpaired) electrons. The lowest BCUT2D eigenvalue weighted by molar-refractivity contribution is -0.740. The highest BCUT2D eigenvalue weighted by atomic mass is 16.6. The summed E-state index contributed by atoms with van der Waals surface area (Å²) >= 11 is 0. The molecular formula is C22H21N2O7+. The minimum atomic E-state index is -0.605. The van der Waals surface area contributed by atoms with Gasteiger partial charge in [0.15, 0.2) is 24.7 Å². The van der Waals surface area contributed by atoms with Crippen molar-refractivity contribution < 1.29 is 38.0 Å². The summed E-state index contributed by atoms with van der Waals surface area (Å²) in [7, 11) is 2.47. The lowest BCUT2D eigenvalue weighted by atomic mass is 10.1. The number of methoxy groups -OCH3 is 2. The van der Waals surface area contributed by atoms with E-state index in [1.54, 1.807) is 23.1 Å². The third-order valence-electron chi connectivity index (χ3n) is 4.35.